The summed E-state index contributed by atoms with van der Waals surface area (Å²) in [6, 6.07) is 0. The van der Waals surface area contributed by atoms with Gasteiger partial charge in [0.15, 0.2) is 0 Å². The second-order valence-corrected chi connectivity index (χ2v) is 5.96. The Bertz CT molecular complexity index is 450. The van der Waals surface area contributed by atoms with Crippen LogP contribution >= 0.6 is 0 Å². The Morgan fingerprint density at radius 1 is 1.25 bits per heavy atom. The number of hydrogen-bond acceptors (Lipinski definition) is 5. The van der Waals surface area contributed by atoms with Crippen molar-refractivity contribution in [3.63, 3.8) is 0 Å². The Morgan fingerprint density at radius 3 is 2.65 bits per heavy atom. The molecule has 2 heterocycles. The highest BCUT2D eigenvalue weighted by atomic mass is 15.3. The lowest BCUT2D eigenvalue weighted by Crippen LogP contribution is -2.47. The van der Waals surface area contributed by atoms with E-state index in [0.717, 1.165) is 50.4 Å². The predicted octanol–water partition coefficient (Wildman–Crippen LogP) is 1.75. The van der Waals surface area contributed by atoms with Crippen LogP contribution < -0.4 is 10.2 Å². The molecule has 110 valence electrons. The number of rotatable bonds is 5. The first kappa shape index (κ1) is 13.6. The number of hydrogen-bond donors (Lipinski definition) is 1. The van der Waals surface area contributed by atoms with Crippen LogP contribution in [-0.2, 0) is 0 Å². The van der Waals surface area contributed by atoms with Crippen molar-refractivity contribution in [2.45, 2.75) is 26.7 Å². The Hall–Kier alpha value is -1.36. The van der Waals surface area contributed by atoms with E-state index in [1.165, 1.54) is 24.9 Å². The van der Waals surface area contributed by atoms with E-state index in [9.17, 15) is 0 Å². The predicted molar refractivity (Wildman–Crippen MR) is 82.3 cm³/mol. The first-order valence-corrected chi connectivity index (χ1v) is 7.81. The van der Waals surface area contributed by atoms with E-state index in [2.05, 4.69) is 38.9 Å². The molecule has 0 atom stereocenters. The molecule has 1 N–H and O–H groups in total. The van der Waals surface area contributed by atoms with Gasteiger partial charge in [0, 0.05) is 51.0 Å². The highest BCUT2D eigenvalue weighted by molar-refractivity contribution is 5.49. The Balaban J connectivity index is 1.62. The van der Waals surface area contributed by atoms with Crippen LogP contribution in [0.5, 0.6) is 0 Å². The maximum absolute atomic E-state index is 4.67. The largest absolute Gasteiger partial charge is 0.354 e. The zero-order valence-electron chi connectivity index (χ0n) is 12.6. The summed E-state index contributed by atoms with van der Waals surface area (Å²) in [4.78, 5) is 14.0. The Kier molecular flexibility index (Phi) is 4.05. The number of nitrogens with one attached hydrogen (secondary N) is 1. The van der Waals surface area contributed by atoms with E-state index >= 15 is 0 Å². The highest BCUT2D eigenvalue weighted by Gasteiger charge is 2.27. The molecule has 2 aliphatic rings. The molecule has 1 aromatic heterocycles. The third-order valence-corrected chi connectivity index (χ3v) is 4.17. The molecule has 0 amide bonds. The van der Waals surface area contributed by atoms with E-state index in [-0.39, 0.29) is 0 Å². The molecule has 1 aliphatic heterocycles. The number of anilines is 2. The van der Waals surface area contributed by atoms with Gasteiger partial charge >= 0.3 is 0 Å². The summed E-state index contributed by atoms with van der Waals surface area (Å²) in [5.41, 5.74) is 1.17. The van der Waals surface area contributed by atoms with Gasteiger partial charge < -0.3 is 10.2 Å². The van der Waals surface area contributed by atoms with E-state index in [1.807, 2.05) is 6.20 Å². The molecule has 0 aromatic carbocycles. The summed E-state index contributed by atoms with van der Waals surface area (Å²) in [5.74, 6) is 2.83. The second-order valence-electron chi connectivity index (χ2n) is 5.96. The lowest BCUT2D eigenvalue weighted by molar-refractivity contribution is 0.247. The van der Waals surface area contributed by atoms with Gasteiger partial charge in [0.1, 0.15) is 5.82 Å². The van der Waals surface area contributed by atoms with Crippen molar-refractivity contribution in [2.75, 3.05) is 49.5 Å². The van der Waals surface area contributed by atoms with E-state index < -0.39 is 0 Å². The minimum Gasteiger partial charge on any atom is -0.354 e. The molecule has 2 fully saturated rings. The van der Waals surface area contributed by atoms with Gasteiger partial charge in [-0.15, -0.1) is 0 Å². The zero-order valence-corrected chi connectivity index (χ0v) is 12.6. The smallest absolute Gasteiger partial charge is 0.224 e. The average Bonchev–Trinajstić information content (AvgIpc) is 3.26. The molecule has 20 heavy (non-hydrogen) atoms. The number of aromatic nitrogens is 2. The summed E-state index contributed by atoms with van der Waals surface area (Å²) >= 11 is 0. The molecule has 3 rings (SSSR count). The quantitative estimate of drug-likeness (QED) is 0.887. The molecule has 1 aliphatic carbocycles. The molecule has 5 heteroatoms. The topological polar surface area (TPSA) is 44.3 Å². The van der Waals surface area contributed by atoms with Gasteiger partial charge in [0.05, 0.1) is 0 Å². The van der Waals surface area contributed by atoms with Crippen molar-refractivity contribution >= 4 is 11.8 Å². The third-order valence-electron chi connectivity index (χ3n) is 4.17. The van der Waals surface area contributed by atoms with Gasteiger partial charge in [-0.25, -0.2) is 4.98 Å². The van der Waals surface area contributed by atoms with Crippen molar-refractivity contribution in [1.82, 2.24) is 14.9 Å². The zero-order chi connectivity index (χ0) is 13.9. The molecule has 0 bridgehead atoms. The monoisotopic (exact) mass is 275 g/mol. The van der Waals surface area contributed by atoms with Gasteiger partial charge in [-0.05, 0) is 32.6 Å². The maximum Gasteiger partial charge on any atom is 0.224 e. The summed E-state index contributed by atoms with van der Waals surface area (Å²) < 4.78 is 0. The van der Waals surface area contributed by atoms with Gasteiger partial charge in [-0.2, -0.15) is 4.98 Å². The first-order valence-electron chi connectivity index (χ1n) is 7.81. The van der Waals surface area contributed by atoms with E-state index in [4.69, 9.17) is 0 Å². The van der Waals surface area contributed by atoms with Gasteiger partial charge in [0.25, 0.3) is 0 Å². The van der Waals surface area contributed by atoms with Crippen molar-refractivity contribution in [3.8, 4) is 0 Å². The second kappa shape index (κ2) is 5.95. The van der Waals surface area contributed by atoms with Crippen molar-refractivity contribution in [2.24, 2.45) is 5.92 Å². The number of piperazine rings is 1. The van der Waals surface area contributed by atoms with Gasteiger partial charge in [-0.1, -0.05) is 0 Å². The van der Waals surface area contributed by atoms with Crippen molar-refractivity contribution in [3.05, 3.63) is 11.8 Å². The van der Waals surface area contributed by atoms with Crippen molar-refractivity contribution in [1.29, 1.82) is 0 Å². The standard InChI is InChI=1S/C15H25N5/c1-3-16-15-17-10-12(2)14(18-15)20-8-6-19(7-9-20)11-13-4-5-13/h10,13H,3-9,11H2,1-2H3,(H,16,17,18). The van der Waals surface area contributed by atoms with Crippen LogP contribution in [0, 0.1) is 12.8 Å². The number of aryl methyl sites for hydroxylation is 1. The SMILES string of the molecule is CCNc1ncc(C)c(N2CCN(CC3CC3)CC2)n1. The third kappa shape index (κ3) is 3.20. The Labute approximate surface area is 121 Å². The lowest BCUT2D eigenvalue weighted by atomic mass is 10.2. The van der Waals surface area contributed by atoms with Gasteiger partial charge in [0.2, 0.25) is 5.95 Å². The molecule has 5 nitrogen and oxygen atoms in total. The maximum atomic E-state index is 4.67. The van der Waals surface area contributed by atoms with Crippen LogP contribution in [0.4, 0.5) is 11.8 Å². The van der Waals surface area contributed by atoms with Crippen LogP contribution in [0.1, 0.15) is 25.3 Å². The van der Waals surface area contributed by atoms with Gasteiger partial charge in [-0.3, -0.25) is 4.90 Å². The van der Waals surface area contributed by atoms with Crippen LogP contribution in [-0.4, -0.2) is 54.1 Å². The fraction of sp³-hybridized carbons (Fsp3) is 0.733. The summed E-state index contributed by atoms with van der Waals surface area (Å²) in [6.07, 6.45) is 4.81. The fourth-order valence-corrected chi connectivity index (χ4v) is 2.80. The molecule has 0 radical (unpaired) electrons. The summed E-state index contributed by atoms with van der Waals surface area (Å²) in [6.45, 7) is 10.8. The normalized spacial score (nSPS) is 20.2. The fourth-order valence-electron chi connectivity index (χ4n) is 2.80. The molecule has 1 saturated heterocycles. The average molecular weight is 275 g/mol. The molecular formula is C15H25N5. The minimum absolute atomic E-state index is 0.744. The minimum atomic E-state index is 0.744. The molecule has 1 saturated carbocycles. The van der Waals surface area contributed by atoms with E-state index in [1.54, 1.807) is 0 Å². The summed E-state index contributed by atoms with van der Waals surface area (Å²) in [7, 11) is 0. The number of nitrogens with zero attached hydrogens (tertiary/aromatic N) is 4. The molecule has 1 aromatic rings. The molecule has 0 unspecified atom stereocenters. The van der Waals surface area contributed by atoms with E-state index in [0.29, 0.717) is 0 Å². The van der Waals surface area contributed by atoms with Crippen LogP contribution in [0.25, 0.3) is 0 Å². The summed E-state index contributed by atoms with van der Waals surface area (Å²) in [5, 5.41) is 3.20. The van der Waals surface area contributed by atoms with Crippen LogP contribution in [0.2, 0.25) is 0 Å². The molecular weight excluding hydrogens is 250 g/mol. The van der Waals surface area contributed by atoms with Crippen molar-refractivity contribution < 1.29 is 0 Å². The van der Waals surface area contributed by atoms with Crippen LogP contribution in [0.15, 0.2) is 6.20 Å². The molecule has 0 spiro atoms. The Morgan fingerprint density at radius 2 is 2.00 bits per heavy atom. The highest BCUT2D eigenvalue weighted by Crippen LogP contribution is 2.30. The first-order chi connectivity index (χ1) is 9.76. The lowest BCUT2D eigenvalue weighted by Gasteiger charge is -2.36. The van der Waals surface area contributed by atoms with Crippen LogP contribution in [0.3, 0.4) is 0 Å².